The number of aryl methyl sites for hydroxylation is 1. The van der Waals surface area contributed by atoms with E-state index in [1.165, 1.54) is 21.6 Å². The Morgan fingerprint density at radius 3 is 2.83 bits per heavy atom. The number of nitrogens with zero attached hydrogens (tertiary/aromatic N) is 4. The number of rotatable bonds is 6. The Morgan fingerprint density at radius 2 is 2.04 bits per heavy atom. The topological polar surface area (TPSA) is 82.2 Å². The molecule has 0 bridgehead atoms. The molecule has 126 valence electrons. The largest absolute Gasteiger partial charge is 0.389 e. The van der Waals surface area contributed by atoms with Gasteiger partial charge in [-0.15, -0.1) is 0 Å². The molecule has 24 heavy (non-hydrogen) atoms. The Morgan fingerprint density at radius 1 is 1.29 bits per heavy atom. The molecule has 0 unspecified atom stereocenters. The monoisotopic (exact) mass is 332 g/mol. The number of benzene rings is 1. The molecule has 0 saturated carbocycles. The van der Waals surface area contributed by atoms with Crippen LogP contribution in [0.1, 0.15) is 5.56 Å². The highest BCUT2D eigenvalue weighted by molar-refractivity contribution is 5.76. The summed E-state index contributed by atoms with van der Waals surface area (Å²) in [5.41, 5.74) is 0.513. The van der Waals surface area contributed by atoms with Crippen molar-refractivity contribution < 1.29 is 14.2 Å². The van der Waals surface area contributed by atoms with Gasteiger partial charge in [0.15, 0.2) is 0 Å². The summed E-state index contributed by atoms with van der Waals surface area (Å²) in [5.74, 6) is -0.346. The molecule has 0 aliphatic rings. The number of halogens is 1. The Bertz CT molecular complexity index is 906. The fourth-order valence-corrected chi connectivity index (χ4v) is 2.39. The predicted molar refractivity (Wildman–Crippen MR) is 84.8 cm³/mol. The minimum absolute atomic E-state index is 0.00108. The van der Waals surface area contributed by atoms with Crippen LogP contribution in [0.2, 0.25) is 0 Å². The number of hydrogen-bond donors (Lipinski definition) is 1. The average Bonchev–Trinajstić information content (AvgIpc) is 2.96. The molecule has 0 saturated heterocycles. The van der Waals surface area contributed by atoms with Gasteiger partial charge in [0.05, 0.1) is 38.3 Å². The molecular weight excluding hydrogens is 315 g/mol. The summed E-state index contributed by atoms with van der Waals surface area (Å²) in [7, 11) is 1.55. The van der Waals surface area contributed by atoms with Gasteiger partial charge in [-0.25, -0.2) is 9.07 Å². The second-order valence-corrected chi connectivity index (χ2v) is 5.46. The van der Waals surface area contributed by atoms with E-state index in [2.05, 4.69) is 10.2 Å². The Hall–Kier alpha value is -2.58. The Balaban J connectivity index is 1.63. The van der Waals surface area contributed by atoms with E-state index in [4.69, 9.17) is 4.74 Å². The molecule has 7 nitrogen and oxygen atoms in total. The van der Waals surface area contributed by atoms with Gasteiger partial charge >= 0.3 is 0 Å². The van der Waals surface area contributed by atoms with Crippen LogP contribution in [0, 0.1) is 5.82 Å². The van der Waals surface area contributed by atoms with E-state index in [1.54, 1.807) is 31.4 Å². The van der Waals surface area contributed by atoms with Gasteiger partial charge in [0.1, 0.15) is 11.3 Å². The maximum Gasteiger partial charge on any atom is 0.292 e. The van der Waals surface area contributed by atoms with Crippen molar-refractivity contribution in [3.05, 3.63) is 58.4 Å². The lowest BCUT2D eigenvalue weighted by Crippen LogP contribution is -2.26. The highest BCUT2D eigenvalue weighted by Crippen LogP contribution is 2.10. The van der Waals surface area contributed by atoms with Gasteiger partial charge in [0.25, 0.3) is 5.56 Å². The lowest BCUT2D eigenvalue weighted by atomic mass is 10.2. The number of aliphatic hydroxyl groups excluding tert-OH is 1. The fraction of sp³-hybridized carbons (Fsp3) is 0.312. The zero-order chi connectivity index (χ0) is 17.1. The highest BCUT2D eigenvalue weighted by atomic mass is 19.1. The summed E-state index contributed by atoms with van der Waals surface area (Å²) in [6, 6.07) is 6.30. The van der Waals surface area contributed by atoms with Gasteiger partial charge in [0, 0.05) is 18.0 Å². The van der Waals surface area contributed by atoms with Crippen LogP contribution in [0.5, 0.6) is 0 Å². The van der Waals surface area contributed by atoms with Gasteiger partial charge in [-0.2, -0.15) is 10.2 Å². The third-order valence-electron chi connectivity index (χ3n) is 3.64. The van der Waals surface area contributed by atoms with Gasteiger partial charge in [0.2, 0.25) is 0 Å². The summed E-state index contributed by atoms with van der Waals surface area (Å²) in [5, 5.41) is 18.7. The maximum atomic E-state index is 13.5. The standard InChI is InChI=1S/C16H17FN4O3/c1-20-16(23)15-12(6-18-20)7-19-21(15)8-13(22)10-24-9-11-4-2-3-5-14(11)17/h2-7,13,22H,8-10H2,1H3/t13-/m0/s1. The van der Waals surface area contributed by atoms with Crippen LogP contribution in [0.3, 0.4) is 0 Å². The van der Waals surface area contributed by atoms with Crippen molar-refractivity contribution in [1.29, 1.82) is 0 Å². The summed E-state index contributed by atoms with van der Waals surface area (Å²) in [6.07, 6.45) is 2.19. The zero-order valence-electron chi connectivity index (χ0n) is 13.1. The van der Waals surface area contributed by atoms with E-state index in [9.17, 15) is 14.3 Å². The molecule has 0 aliphatic carbocycles. The third kappa shape index (κ3) is 3.34. The smallest absolute Gasteiger partial charge is 0.292 e. The maximum absolute atomic E-state index is 13.5. The minimum atomic E-state index is -0.877. The van der Waals surface area contributed by atoms with Gasteiger partial charge in [-0.05, 0) is 6.07 Å². The zero-order valence-corrected chi connectivity index (χ0v) is 13.1. The van der Waals surface area contributed by atoms with Crippen LogP contribution in [-0.2, 0) is 24.9 Å². The summed E-state index contributed by atoms with van der Waals surface area (Å²) >= 11 is 0. The summed E-state index contributed by atoms with van der Waals surface area (Å²) < 4.78 is 21.5. The molecular formula is C16H17FN4O3. The van der Waals surface area contributed by atoms with E-state index in [0.29, 0.717) is 16.5 Å². The van der Waals surface area contributed by atoms with E-state index in [1.807, 2.05) is 0 Å². The summed E-state index contributed by atoms with van der Waals surface area (Å²) in [6.45, 7) is 0.163. The van der Waals surface area contributed by atoms with Gasteiger partial charge < -0.3 is 9.84 Å². The lowest BCUT2D eigenvalue weighted by molar-refractivity contribution is 0.0184. The molecule has 3 aromatic rings. The molecule has 0 fully saturated rings. The highest BCUT2D eigenvalue weighted by Gasteiger charge is 2.13. The van der Waals surface area contributed by atoms with E-state index in [-0.39, 0.29) is 31.1 Å². The molecule has 0 spiro atoms. The minimum Gasteiger partial charge on any atom is -0.389 e. The first kappa shape index (κ1) is 16.3. The molecule has 1 aromatic carbocycles. The van der Waals surface area contributed by atoms with Gasteiger partial charge in [-0.3, -0.25) is 9.48 Å². The molecule has 0 aliphatic heterocycles. The first-order valence-corrected chi connectivity index (χ1v) is 7.43. The van der Waals surface area contributed by atoms with Crippen molar-refractivity contribution >= 4 is 10.9 Å². The third-order valence-corrected chi connectivity index (χ3v) is 3.64. The molecule has 8 heteroatoms. The normalized spacial score (nSPS) is 12.6. The van der Waals surface area contributed by atoms with Crippen LogP contribution >= 0.6 is 0 Å². The first-order valence-electron chi connectivity index (χ1n) is 7.43. The van der Waals surface area contributed by atoms with E-state index < -0.39 is 6.10 Å². The van der Waals surface area contributed by atoms with Crippen molar-refractivity contribution in [2.24, 2.45) is 7.05 Å². The molecule has 3 rings (SSSR count). The fourth-order valence-electron chi connectivity index (χ4n) is 2.39. The van der Waals surface area contributed by atoms with Crippen molar-refractivity contribution in [3.63, 3.8) is 0 Å². The molecule has 0 amide bonds. The number of hydrogen-bond acceptors (Lipinski definition) is 5. The molecule has 1 N–H and O–H groups in total. The average molecular weight is 332 g/mol. The van der Waals surface area contributed by atoms with E-state index in [0.717, 1.165) is 0 Å². The van der Waals surface area contributed by atoms with Crippen LogP contribution in [0.25, 0.3) is 10.9 Å². The second-order valence-electron chi connectivity index (χ2n) is 5.46. The van der Waals surface area contributed by atoms with Crippen LogP contribution < -0.4 is 5.56 Å². The number of aromatic nitrogens is 4. The predicted octanol–water partition coefficient (Wildman–Crippen LogP) is 0.847. The first-order chi connectivity index (χ1) is 11.6. The number of ether oxygens (including phenoxy) is 1. The lowest BCUT2D eigenvalue weighted by Gasteiger charge is -2.12. The number of aliphatic hydroxyl groups is 1. The Kier molecular flexibility index (Phi) is 4.68. The molecule has 2 heterocycles. The Labute approximate surface area is 136 Å². The summed E-state index contributed by atoms with van der Waals surface area (Å²) in [4.78, 5) is 12.1. The SMILES string of the molecule is Cn1ncc2cnn(C[C@H](O)COCc3ccccc3F)c2c1=O. The van der Waals surface area contributed by atoms with Gasteiger partial charge in [-0.1, -0.05) is 18.2 Å². The van der Waals surface area contributed by atoms with Crippen molar-refractivity contribution in [2.45, 2.75) is 19.3 Å². The van der Waals surface area contributed by atoms with Crippen LogP contribution in [0.4, 0.5) is 4.39 Å². The van der Waals surface area contributed by atoms with Crippen LogP contribution in [0.15, 0.2) is 41.5 Å². The molecule has 2 aromatic heterocycles. The molecule has 1 atom stereocenters. The molecule has 0 radical (unpaired) electrons. The second kappa shape index (κ2) is 6.90. The van der Waals surface area contributed by atoms with E-state index >= 15 is 0 Å². The van der Waals surface area contributed by atoms with Crippen LogP contribution in [-0.4, -0.2) is 37.4 Å². The van der Waals surface area contributed by atoms with Crippen molar-refractivity contribution in [3.8, 4) is 0 Å². The van der Waals surface area contributed by atoms with Crippen molar-refractivity contribution in [2.75, 3.05) is 6.61 Å². The van der Waals surface area contributed by atoms with Crippen molar-refractivity contribution in [1.82, 2.24) is 19.6 Å². The number of fused-ring (bicyclic) bond motifs is 1. The quantitative estimate of drug-likeness (QED) is 0.723.